The molecule has 2 aromatic carbocycles. The van der Waals surface area contributed by atoms with Gasteiger partial charge >= 0.3 is 0 Å². The van der Waals surface area contributed by atoms with Gasteiger partial charge in [-0.2, -0.15) is 0 Å². The molecule has 1 amide bonds. The maximum atomic E-state index is 11.9. The van der Waals surface area contributed by atoms with Gasteiger partial charge in [0.2, 0.25) is 5.91 Å². The molecule has 2 rings (SSSR count). The number of hydrogen-bond donors (Lipinski definition) is 2. The van der Waals surface area contributed by atoms with Gasteiger partial charge in [0.1, 0.15) is 11.5 Å². The van der Waals surface area contributed by atoms with E-state index in [4.69, 9.17) is 9.47 Å². The lowest BCUT2D eigenvalue weighted by molar-refractivity contribution is -0.119. The second-order valence-electron chi connectivity index (χ2n) is 4.68. The van der Waals surface area contributed by atoms with E-state index < -0.39 is 0 Å². The van der Waals surface area contributed by atoms with E-state index >= 15 is 0 Å². The van der Waals surface area contributed by atoms with Gasteiger partial charge in [0.25, 0.3) is 0 Å². The summed E-state index contributed by atoms with van der Waals surface area (Å²) in [4.78, 5) is 11.9. The van der Waals surface area contributed by atoms with Crippen molar-refractivity contribution in [1.29, 1.82) is 0 Å². The number of amides is 1. The molecule has 0 heterocycles. The van der Waals surface area contributed by atoms with E-state index in [1.807, 2.05) is 42.5 Å². The van der Waals surface area contributed by atoms with Crippen molar-refractivity contribution >= 4 is 11.6 Å². The van der Waals surface area contributed by atoms with E-state index in [-0.39, 0.29) is 12.5 Å². The molecule has 2 aromatic rings. The first-order chi connectivity index (χ1) is 10.7. The van der Waals surface area contributed by atoms with Crippen LogP contribution in [0.4, 0.5) is 5.69 Å². The first-order valence-electron chi connectivity index (χ1n) is 6.99. The van der Waals surface area contributed by atoms with Crippen molar-refractivity contribution in [2.45, 2.75) is 6.54 Å². The fraction of sp³-hybridized carbons (Fsp3) is 0.235. The number of hydrogen-bond acceptors (Lipinski definition) is 4. The molecule has 116 valence electrons. The predicted octanol–water partition coefficient (Wildman–Crippen LogP) is 2.43. The lowest BCUT2D eigenvalue weighted by Crippen LogP contribution is -2.29. The molecule has 0 atom stereocenters. The molecule has 0 fully saturated rings. The van der Waals surface area contributed by atoms with Crippen LogP contribution in [0.2, 0.25) is 0 Å². The van der Waals surface area contributed by atoms with Crippen molar-refractivity contribution in [2.24, 2.45) is 0 Å². The molecule has 0 radical (unpaired) electrons. The number of nitrogens with one attached hydrogen (secondary N) is 2. The third-order valence-electron chi connectivity index (χ3n) is 3.18. The molecule has 0 saturated carbocycles. The van der Waals surface area contributed by atoms with Gasteiger partial charge in [0, 0.05) is 12.6 Å². The summed E-state index contributed by atoms with van der Waals surface area (Å²) in [5.41, 5.74) is 1.82. The van der Waals surface area contributed by atoms with E-state index in [1.54, 1.807) is 20.3 Å². The molecular weight excluding hydrogens is 280 g/mol. The fourth-order valence-corrected chi connectivity index (χ4v) is 1.98. The summed E-state index contributed by atoms with van der Waals surface area (Å²) < 4.78 is 10.4. The summed E-state index contributed by atoms with van der Waals surface area (Å²) >= 11 is 0. The summed E-state index contributed by atoms with van der Waals surface area (Å²) in [5.74, 6) is 1.26. The summed E-state index contributed by atoms with van der Waals surface area (Å²) in [6.45, 7) is 0.691. The smallest absolute Gasteiger partial charge is 0.239 e. The minimum absolute atomic E-state index is 0.0817. The molecule has 0 spiro atoms. The van der Waals surface area contributed by atoms with E-state index in [2.05, 4.69) is 10.6 Å². The van der Waals surface area contributed by atoms with Crippen LogP contribution in [0.25, 0.3) is 0 Å². The van der Waals surface area contributed by atoms with Crippen molar-refractivity contribution in [3.8, 4) is 11.5 Å². The van der Waals surface area contributed by atoms with Gasteiger partial charge in [-0.05, 0) is 17.7 Å². The van der Waals surface area contributed by atoms with Crippen LogP contribution in [0.5, 0.6) is 11.5 Å². The van der Waals surface area contributed by atoms with Crippen LogP contribution >= 0.6 is 0 Å². The molecule has 5 nitrogen and oxygen atoms in total. The van der Waals surface area contributed by atoms with Gasteiger partial charge in [-0.25, -0.2) is 0 Å². The highest BCUT2D eigenvalue weighted by Gasteiger charge is 2.07. The van der Waals surface area contributed by atoms with Gasteiger partial charge in [0.05, 0.1) is 26.5 Å². The van der Waals surface area contributed by atoms with Crippen LogP contribution in [0.3, 0.4) is 0 Å². The lowest BCUT2D eigenvalue weighted by atomic mass is 10.2. The van der Waals surface area contributed by atoms with Crippen LogP contribution < -0.4 is 20.1 Å². The van der Waals surface area contributed by atoms with Crippen LogP contribution in [-0.4, -0.2) is 26.7 Å². The highest BCUT2D eigenvalue weighted by Crippen LogP contribution is 2.28. The minimum atomic E-state index is -0.0817. The largest absolute Gasteiger partial charge is 0.497 e. The van der Waals surface area contributed by atoms with Gasteiger partial charge < -0.3 is 20.1 Å². The number of carbonyl (C=O) groups is 1. The van der Waals surface area contributed by atoms with Gasteiger partial charge in [-0.3, -0.25) is 4.79 Å². The third kappa shape index (κ3) is 4.41. The maximum absolute atomic E-state index is 11.9. The zero-order valence-corrected chi connectivity index (χ0v) is 12.8. The second-order valence-corrected chi connectivity index (χ2v) is 4.68. The van der Waals surface area contributed by atoms with E-state index in [0.29, 0.717) is 18.0 Å². The summed E-state index contributed by atoms with van der Waals surface area (Å²) in [5, 5.41) is 5.92. The molecule has 2 N–H and O–H groups in total. The minimum Gasteiger partial charge on any atom is -0.497 e. The molecule has 0 aromatic heterocycles. The van der Waals surface area contributed by atoms with Crippen molar-refractivity contribution in [3.63, 3.8) is 0 Å². The first-order valence-corrected chi connectivity index (χ1v) is 6.99. The zero-order valence-electron chi connectivity index (χ0n) is 12.8. The molecular formula is C17H20N2O3. The molecule has 0 saturated heterocycles. The van der Waals surface area contributed by atoms with Crippen molar-refractivity contribution in [2.75, 3.05) is 26.1 Å². The van der Waals surface area contributed by atoms with Gasteiger partial charge in [0.15, 0.2) is 0 Å². The third-order valence-corrected chi connectivity index (χ3v) is 3.18. The van der Waals surface area contributed by atoms with Crippen LogP contribution in [0.1, 0.15) is 5.56 Å². The lowest BCUT2D eigenvalue weighted by Gasteiger charge is -2.12. The van der Waals surface area contributed by atoms with Crippen molar-refractivity contribution in [1.82, 2.24) is 5.32 Å². The first kappa shape index (κ1) is 15.7. The van der Waals surface area contributed by atoms with Gasteiger partial charge in [-0.1, -0.05) is 30.3 Å². The Bertz CT molecular complexity index is 615. The maximum Gasteiger partial charge on any atom is 0.239 e. The van der Waals surface area contributed by atoms with Crippen LogP contribution in [0, 0.1) is 0 Å². The molecule has 0 unspecified atom stereocenters. The molecule has 0 aliphatic rings. The fourth-order valence-electron chi connectivity index (χ4n) is 1.98. The number of ether oxygens (including phenoxy) is 2. The Labute approximate surface area is 130 Å². The van der Waals surface area contributed by atoms with E-state index in [1.165, 1.54) is 0 Å². The van der Waals surface area contributed by atoms with Crippen LogP contribution in [0.15, 0.2) is 48.5 Å². The quantitative estimate of drug-likeness (QED) is 0.824. The Morgan fingerprint density at radius 3 is 2.50 bits per heavy atom. The standard InChI is InChI=1S/C17H20N2O3/c1-21-14-8-9-15(16(10-14)22-2)18-12-17(20)19-11-13-6-4-3-5-7-13/h3-10,18H,11-12H2,1-2H3,(H,19,20). The van der Waals surface area contributed by atoms with E-state index in [9.17, 15) is 4.79 Å². The molecule has 22 heavy (non-hydrogen) atoms. The molecule has 0 aliphatic carbocycles. The summed E-state index contributed by atoms with van der Waals surface area (Å²) in [6, 6.07) is 15.2. The monoisotopic (exact) mass is 300 g/mol. The average Bonchev–Trinajstić information content (AvgIpc) is 2.58. The summed E-state index contributed by atoms with van der Waals surface area (Å²) in [7, 11) is 3.17. The summed E-state index contributed by atoms with van der Waals surface area (Å²) in [6.07, 6.45) is 0. The molecule has 0 aliphatic heterocycles. The SMILES string of the molecule is COc1ccc(NCC(=O)NCc2ccccc2)c(OC)c1. The topological polar surface area (TPSA) is 59.6 Å². The van der Waals surface area contributed by atoms with Crippen LogP contribution in [-0.2, 0) is 11.3 Å². The Morgan fingerprint density at radius 2 is 1.82 bits per heavy atom. The van der Waals surface area contributed by atoms with Crippen molar-refractivity contribution in [3.05, 3.63) is 54.1 Å². The Hall–Kier alpha value is -2.69. The van der Waals surface area contributed by atoms with Gasteiger partial charge in [-0.15, -0.1) is 0 Å². The number of methoxy groups -OCH3 is 2. The second kappa shape index (κ2) is 7.93. The number of rotatable bonds is 7. The Morgan fingerprint density at radius 1 is 1.05 bits per heavy atom. The van der Waals surface area contributed by atoms with E-state index in [0.717, 1.165) is 11.3 Å². The molecule has 5 heteroatoms. The number of anilines is 1. The number of carbonyl (C=O) groups excluding carboxylic acids is 1. The highest BCUT2D eigenvalue weighted by atomic mass is 16.5. The Balaban J connectivity index is 1.86. The zero-order chi connectivity index (χ0) is 15.8. The number of benzene rings is 2. The highest BCUT2D eigenvalue weighted by molar-refractivity contribution is 5.81. The molecule has 0 bridgehead atoms. The predicted molar refractivity (Wildman–Crippen MR) is 86.3 cm³/mol. The van der Waals surface area contributed by atoms with Crippen molar-refractivity contribution < 1.29 is 14.3 Å². The Kier molecular flexibility index (Phi) is 5.65. The average molecular weight is 300 g/mol. The normalized spacial score (nSPS) is 9.91.